The van der Waals surface area contributed by atoms with Crippen LogP contribution >= 0.6 is 0 Å². The Morgan fingerprint density at radius 1 is 1.21 bits per heavy atom. The summed E-state index contributed by atoms with van der Waals surface area (Å²) in [7, 11) is 0. The van der Waals surface area contributed by atoms with Gasteiger partial charge in [-0.2, -0.15) is 0 Å². The van der Waals surface area contributed by atoms with Crippen molar-refractivity contribution in [2.45, 2.75) is 26.7 Å². The zero-order chi connectivity index (χ0) is 14.3. The van der Waals surface area contributed by atoms with Gasteiger partial charge in [-0.3, -0.25) is 9.59 Å². The maximum atomic E-state index is 12.3. The molecule has 0 spiro atoms. The number of hydrogen-bond acceptors (Lipinski definition) is 5. The van der Waals surface area contributed by atoms with Crippen LogP contribution in [0, 0.1) is 11.3 Å². The van der Waals surface area contributed by atoms with Crippen molar-refractivity contribution in [3.8, 4) is 0 Å². The van der Waals surface area contributed by atoms with Crippen molar-refractivity contribution in [3.63, 3.8) is 0 Å². The van der Waals surface area contributed by atoms with Crippen LogP contribution in [0.4, 0.5) is 0 Å². The summed E-state index contributed by atoms with van der Waals surface area (Å²) in [5, 5.41) is 3.21. The molecule has 19 heavy (non-hydrogen) atoms. The Balaban J connectivity index is 3.07. The Bertz CT molecular complexity index is 316. The summed E-state index contributed by atoms with van der Waals surface area (Å²) < 4.78 is 10.2. The Kier molecular flexibility index (Phi) is 6.02. The van der Waals surface area contributed by atoms with Crippen LogP contribution in [0.15, 0.2) is 12.7 Å². The molecule has 1 aliphatic rings. The number of nitrogens with one attached hydrogen (secondary N) is 1. The lowest BCUT2D eigenvalue weighted by Crippen LogP contribution is -2.49. The third-order valence-electron chi connectivity index (χ3n) is 3.53. The minimum atomic E-state index is -1.37. The van der Waals surface area contributed by atoms with Gasteiger partial charge < -0.3 is 14.8 Å². The van der Waals surface area contributed by atoms with Crippen LogP contribution in [0.5, 0.6) is 0 Å². The maximum absolute atomic E-state index is 12.3. The quantitative estimate of drug-likeness (QED) is 0.447. The van der Waals surface area contributed by atoms with Gasteiger partial charge >= 0.3 is 11.9 Å². The highest BCUT2D eigenvalue weighted by Gasteiger charge is 2.52. The van der Waals surface area contributed by atoms with E-state index in [1.165, 1.54) is 6.08 Å². The monoisotopic (exact) mass is 269 g/mol. The van der Waals surface area contributed by atoms with Crippen molar-refractivity contribution in [2.75, 3.05) is 26.3 Å². The highest BCUT2D eigenvalue weighted by atomic mass is 16.6. The minimum Gasteiger partial charge on any atom is -0.465 e. The summed E-state index contributed by atoms with van der Waals surface area (Å²) in [6.07, 6.45) is 2.85. The van der Waals surface area contributed by atoms with Crippen molar-refractivity contribution < 1.29 is 19.1 Å². The van der Waals surface area contributed by atoms with Gasteiger partial charge in [0.05, 0.1) is 13.2 Å². The summed E-state index contributed by atoms with van der Waals surface area (Å²) in [5.74, 6) is -1.21. The van der Waals surface area contributed by atoms with Gasteiger partial charge in [0.25, 0.3) is 0 Å². The molecule has 5 nitrogen and oxygen atoms in total. The first-order valence-corrected chi connectivity index (χ1v) is 6.82. The van der Waals surface area contributed by atoms with Crippen LogP contribution in [-0.4, -0.2) is 38.2 Å². The number of rotatable bonds is 6. The first-order chi connectivity index (χ1) is 9.13. The lowest BCUT2D eigenvalue weighted by molar-refractivity contribution is -0.172. The number of piperidine rings is 1. The molecule has 1 N–H and O–H groups in total. The Morgan fingerprint density at radius 2 is 1.68 bits per heavy atom. The highest BCUT2D eigenvalue weighted by molar-refractivity contribution is 6.02. The fourth-order valence-electron chi connectivity index (χ4n) is 2.53. The zero-order valence-electron chi connectivity index (χ0n) is 11.7. The summed E-state index contributed by atoms with van der Waals surface area (Å²) in [4.78, 5) is 24.6. The van der Waals surface area contributed by atoms with Crippen LogP contribution in [0.1, 0.15) is 26.7 Å². The van der Waals surface area contributed by atoms with Crippen LogP contribution in [0.3, 0.4) is 0 Å². The predicted octanol–water partition coefficient (Wildman–Crippen LogP) is 1.28. The fraction of sp³-hybridized carbons (Fsp3) is 0.714. The summed E-state index contributed by atoms with van der Waals surface area (Å²) in [6, 6.07) is 0. The molecule has 0 saturated carbocycles. The molecule has 1 fully saturated rings. The van der Waals surface area contributed by atoms with Gasteiger partial charge in [-0.1, -0.05) is 6.08 Å². The normalized spacial score (nSPS) is 16.7. The Labute approximate surface area is 114 Å². The molecule has 1 rings (SSSR count). The molecule has 1 aliphatic heterocycles. The van der Waals surface area contributed by atoms with E-state index in [2.05, 4.69) is 11.9 Å². The lowest BCUT2D eigenvalue weighted by Gasteiger charge is -2.36. The third kappa shape index (κ3) is 3.15. The van der Waals surface area contributed by atoms with Crippen molar-refractivity contribution >= 4 is 11.9 Å². The number of ether oxygens (including phenoxy) is 2. The third-order valence-corrected chi connectivity index (χ3v) is 3.53. The van der Waals surface area contributed by atoms with E-state index >= 15 is 0 Å². The SMILES string of the molecule is C=CC(C(=O)OCC)(C(=O)OCC)C1CCNCC1. The minimum absolute atomic E-state index is 0.121. The van der Waals surface area contributed by atoms with E-state index in [0.717, 1.165) is 25.9 Å². The second-order valence-corrected chi connectivity index (χ2v) is 4.54. The maximum Gasteiger partial charge on any atom is 0.327 e. The Morgan fingerprint density at radius 3 is 2.05 bits per heavy atom. The molecule has 0 aromatic carbocycles. The number of carbonyl (C=O) groups excluding carboxylic acids is 2. The van der Waals surface area contributed by atoms with Gasteiger partial charge in [0, 0.05) is 0 Å². The molecule has 1 saturated heterocycles. The second kappa shape index (κ2) is 7.28. The van der Waals surface area contributed by atoms with Crippen LogP contribution in [-0.2, 0) is 19.1 Å². The van der Waals surface area contributed by atoms with E-state index in [-0.39, 0.29) is 19.1 Å². The van der Waals surface area contributed by atoms with Gasteiger partial charge in [0.15, 0.2) is 5.41 Å². The van der Waals surface area contributed by atoms with Crippen molar-refractivity contribution in [2.24, 2.45) is 11.3 Å². The Hall–Kier alpha value is -1.36. The van der Waals surface area contributed by atoms with Gasteiger partial charge in [-0.25, -0.2) is 0 Å². The molecule has 0 unspecified atom stereocenters. The number of carbonyl (C=O) groups is 2. The van der Waals surface area contributed by atoms with Gasteiger partial charge in [0.1, 0.15) is 0 Å². The predicted molar refractivity (Wildman–Crippen MR) is 71.5 cm³/mol. The summed E-state index contributed by atoms with van der Waals surface area (Å²) >= 11 is 0. The van der Waals surface area contributed by atoms with Gasteiger partial charge in [-0.15, -0.1) is 6.58 Å². The first kappa shape index (κ1) is 15.7. The molecule has 5 heteroatoms. The van der Waals surface area contributed by atoms with Crippen molar-refractivity contribution in [3.05, 3.63) is 12.7 Å². The smallest absolute Gasteiger partial charge is 0.327 e. The van der Waals surface area contributed by atoms with Gasteiger partial charge in [-0.05, 0) is 45.7 Å². The van der Waals surface area contributed by atoms with Crippen LogP contribution < -0.4 is 5.32 Å². The topological polar surface area (TPSA) is 64.6 Å². The van der Waals surface area contributed by atoms with Crippen molar-refractivity contribution in [1.29, 1.82) is 0 Å². The average Bonchev–Trinajstić information content (AvgIpc) is 2.42. The van der Waals surface area contributed by atoms with E-state index in [0.29, 0.717) is 0 Å². The van der Waals surface area contributed by atoms with Gasteiger partial charge in [0.2, 0.25) is 0 Å². The molecule has 0 aromatic rings. The molecule has 0 aliphatic carbocycles. The molecule has 0 aromatic heterocycles. The van der Waals surface area contributed by atoms with E-state index in [1.807, 2.05) is 0 Å². The molecular formula is C14H23NO4. The standard InChI is InChI=1S/C14H23NO4/c1-4-14(12(16)18-5-2,13(17)19-6-3)11-7-9-15-10-8-11/h4,11,15H,1,5-10H2,2-3H3. The molecule has 0 amide bonds. The molecule has 1 heterocycles. The first-order valence-electron chi connectivity index (χ1n) is 6.82. The lowest BCUT2D eigenvalue weighted by atomic mass is 9.71. The molecule has 108 valence electrons. The highest BCUT2D eigenvalue weighted by Crippen LogP contribution is 2.38. The van der Waals surface area contributed by atoms with Crippen LogP contribution in [0.2, 0.25) is 0 Å². The number of hydrogen-bond donors (Lipinski definition) is 1. The fourth-order valence-corrected chi connectivity index (χ4v) is 2.53. The van der Waals surface area contributed by atoms with Crippen molar-refractivity contribution in [1.82, 2.24) is 5.32 Å². The van der Waals surface area contributed by atoms with E-state index in [1.54, 1.807) is 13.8 Å². The van der Waals surface area contributed by atoms with E-state index in [4.69, 9.17) is 9.47 Å². The van der Waals surface area contributed by atoms with E-state index in [9.17, 15) is 9.59 Å². The molecule has 0 atom stereocenters. The molecular weight excluding hydrogens is 246 g/mol. The van der Waals surface area contributed by atoms with Crippen LogP contribution in [0.25, 0.3) is 0 Å². The average molecular weight is 269 g/mol. The summed E-state index contributed by atoms with van der Waals surface area (Å²) in [5.41, 5.74) is -1.37. The number of esters is 2. The summed E-state index contributed by atoms with van der Waals surface area (Å²) in [6.45, 7) is 9.16. The second-order valence-electron chi connectivity index (χ2n) is 4.54. The molecule has 0 bridgehead atoms. The zero-order valence-corrected chi connectivity index (χ0v) is 11.7. The largest absolute Gasteiger partial charge is 0.465 e. The molecule has 0 radical (unpaired) electrons. The van der Waals surface area contributed by atoms with E-state index < -0.39 is 17.4 Å².